The zero-order valence-corrected chi connectivity index (χ0v) is 15.4. The first-order valence-corrected chi connectivity index (χ1v) is 9.07. The molecule has 7 nitrogen and oxygen atoms in total. The highest BCUT2D eigenvalue weighted by molar-refractivity contribution is 6.30. The van der Waals surface area contributed by atoms with Gasteiger partial charge in [0.1, 0.15) is 12.1 Å². The van der Waals surface area contributed by atoms with E-state index < -0.39 is 0 Å². The van der Waals surface area contributed by atoms with Crippen molar-refractivity contribution in [1.29, 1.82) is 0 Å². The van der Waals surface area contributed by atoms with Gasteiger partial charge >= 0.3 is 0 Å². The fourth-order valence-electron chi connectivity index (χ4n) is 3.29. The molecule has 1 atom stereocenters. The van der Waals surface area contributed by atoms with Gasteiger partial charge in [-0.25, -0.2) is 4.98 Å². The number of hydrogen-bond donors (Lipinski definition) is 1. The van der Waals surface area contributed by atoms with Crippen LogP contribution in [0.1, 0.15) is 17.3 Å². The Labute approximate surface area is 157 Å². The number of anilines is 1. The molecule has 0 saturated carbocycles. The molecular formula is C18H21ClN6O. The van der Waals surface area contributed by atoms with Crippen molar-refractivity contribution in [3.8, 4) is 0 Å². The van der Waals surface area contributed by atoms with E-state index in [0.717, 1.165) is 49.4 Å². The Morgan fingerprint density at radius 1 is 1.23 bits per heavy atom. The second-order valence-corrected chi connectivity index (χ2v) is 6.79. The first kappa shape index (κ1) is 17.2. The lowest BCUT2D eigenvalue weighted by atomic mass is 10.0. The standard InChI is InChI=1S/C18H21ClN6O/c1-13-10-17(25-18(23-13)21-12-22-25)20-11-16(24-6-8-26-9-7-24)14-2-4-15(19)5-3-14/h2-5,10,12,16,20H,6-9,11H2,1H3. The fraction of sp³-hybridized carbons (Fsp3) is 0.389. The predicted molar refractivity (Wildman–Crippen MR) is 101 cm³/mol. The minimum atomic E-state index is 0.211. The number of aryl methyl sites for hydroxylation is 1. The van der Waals surface area contributed by atoms with Crippen LogP contribution in [0.25, 0.3) is 5.78 Å². The number of morpholine rings is 1. The third-order valence-electron chi connectivity index (χ3n) is 4.60. The molecule has 1 aliphatic rings. The molecule has 0 aliphatic carbocycles. The molecular weight excluding hydrogens is 352 g/mol. The molecule has 4 rings (SSSR count). The molecule has 0 bridgehead atoms. The smallest absolute Gasteiger partial charge is 0.254 e. The molecule has 3 aromatic rings. The van der Waals surface area contributed by atoms with Gasteiger partial charge < -0.3 is 10.1 Å². The summed E-state index contributed by atoms with van der Waals surface area (Å²) in [5.74, 6) is 1.49. The van der Waals surface area contributed by atoms with E-state index in [1.165, 1.54) is 11.9 Å². The molecule has 3 heterocycles. The quantitative estimate of drug-likeness (QED) is 0.742. The van der Waals surface area contributed by atoms with Crippen LogP contribution in [0.3, 0.4) is 0 Å². The highest BCUT2D eigenvalue weighted by atomic mass is 35.5. The van der Waals surface area contributed by atoms with Crippen molar-refractivity contribution in [2.45, 2.75) is 13.0 Å². The van der Waals surface area contributed by atoms with Crippen molar-refractivity contribution >= 4 is 23.2 Å². The zero-order chi connectivity index (χ0) is 17.9. The lowest BCUT2D eigenvalue weighted by Crippen LogP contribution is -2.41. The third-order valence-corrected chi connectivity index (χ3v) is 4.85. The molecule has 1 unspecified atom stereocenters. The number of aromatic nitrogens is 4. The van der Waals surface area contributed by atoms with Crippen LogP contribution in [0.4, 0.5) is 5.82 Å². The van der Waals surface area contributed by atoms with E-state index in [1.807, 2.05) is 25.1 Å². The monoisotopic (exact) mass is 372 g/mol. The highest BCUT2D eigenvalue weighted by Gasteiger charge is 2.23. The Kier molecular flexibility index (Phi) is 5.01. The molecule has 1 N–H and O–H groups in total. The Morgan fingerprint density at radius 3 is 2.77 bits per heavy atom. The third kappa shape index (κ3) is 3.65. The van der Waals surface area contributed by atoms with Crippen LogP contribution < -0.4 is 5.32 Å². The SMILES string of the molecule is Cc1cc(NCC(c2ccc(Cl)cc2)N2CCOCC2)n2ncnc2n1. The molecule has 1 saturated heterocycles. The van der Waals surface area contributed by atoms with E-state index in [-0.39, 0.29) is 6.04 Å². The van der Waals surface area contributed by atoms with Crippen LogP contribution in [-0.2, 0) is 4.74 Å². The first-order chi connectivity index (χ1) is 12.7. The molecule has 0 spiro atoms. The van der Waals surface area contributed by atoms with Crippen LogP contribution >= 0.6 is 11.6 Å². The molecule has 136 valence electrons. The summed E-state index contributed by atoms with van der Waals surface area (Å²) in [6.45, 7) is 6.02. The number of rotatable bonds is 5. The number of halogens is 1. The van der Waals surface area contributed by atoms with Gasteiger partial charge in [0.25, 0.3) is 5.78 Å². The summed E-state index contributed by atoms with van der Waals surface area (Å²) < 4.78 is 7.24. The number of fused-ring (bicyclic) bond motifs is 1. The highest BCUT2D eigenvalue weighted by Crippen LogP contribution is 2.24. The lowest BCUT2D eigenvalue weighted by molar-refractivity contribution is 0.0187. The van der Waals surface area contributed by atoms with E-state index in [2.05, 4.69) is 37.4 Å². The Balaban J connectivity index is 1.59. The van der Waals surface area contributed by atoms with Gasteiger partial charge in [-0.1, -0.05) is 23.7 Å². The van der Waals surface area contributed by atoms with Crippen molar-refractivity contribution < 1.29 is 4.74 Å². The van der Waals surface area contributed by atoms with Crippen molar-refractivity contribution in [2.24, 2.45) is 0 Å². The summed E-state index contributed by atoms with van der Waals surface area (Å²) in [6, 6.07) is 10.3. The first-order valence-electron chi connectivity index (χ1n) is 8.69. The normalized spacial score (nSPS) is 16.7. The number of benzene rings is 1. The second kappa shape index (κ2) is 7.57. The molecule has 1 aromatic carbocycles. The number of nitrogens with zero attached hydrogens (tertiary/aromatic N) is 5. The van der Waals surface area contributed by atoms with E-state index in [9.17, 15) is 0 Å². The van der Waals surface area contributed by atoms with Gasteiger partial charge in [-0.2, -0.15) is 14.6 Å². The molecule has 26 heavy (non-hydrogen) atoms. The summed E-state index contributed by atoms with van der Waals surface area (Å²) in [6.07, 6.45) is 1.52. The zero-order valence-electron chi connectivity index (χ0n) is 14.6. The van der Waals surface area contributed by atoms with Crippen molar-refractivity contribution in [2.75, 3.05) is 38.2 Å². The van der Waals surface area contributed by atoms with Gasteiger partial charge in [-0.05, 0) is 24.6 Å². The minimum Gasteiger partial charge on any atom is -0.379 e. The van der Waals surface area contributed by atoms with Crippen molar-refractivity contribution in [3.63, 3.8) is 0 Å². The van der Waals surface area contributed by atoms with Gasteiger partial charge in [-0.3, -0.25) is 4.90 Å². The fourth-order valence-corrected chi connectivity index (χ4v) is 3.42. The van der Waals surface area contributed by atoms with Crippen molar-refractivity contribution in [3.05, 3.63) is 52.9 Å². The lowest BCUT2D eigenvalue weighted by Gasteiger charge is -2.35. The molecule has 1 aliphatic heterocycles. The molecule has 2 aromatic heterocycles. The molecule has 0 amide bonds. The van der Waals surface area contributed by atoms with Gasteiger partial charge in [0, 0.05) is 36.4 Å². The summed E-state index contributed by atoms with van der Waals surface area (Å²) in [7, 11) is 0. The largest absolute Gasteiger partial charge is 0.379 e. The Bertz CT molecular complexity index is 875. The van der Waals surface area contributed by atoms with Gasteiger partial charge in [0.15, 0.2) is 0 Å². The van der Waals surface area contributed by atoms with Gasteiger partial charge in [0.2, 0.25) is 0 Å². The summed E-state index contributed by atoms with van der Waals surface area (Å²) in [4.78, 5) is 11.0. The van der Waals surface area contributed by atoms with Crippen LogP contribution in [0.5, 0.6) is 0 Å². The van der Waals surface area contributed by atoms with Crippen LogP contribution in [-0.4, -0.2) is 57.3 Å². The second-order valence-electron chi connectivity index (χ2n) is 6.35. The maximum absolute atomic E-state index is 6.07. The van der Waals surface area contributed by atoms with E-state index in [0.29, 0.717) is 5.78 Å². The van der Waals surface area contributed by atoms with Crippen LogP contribution in [0.15, 0.2) is 36.7 Å². The van der Waals surface area contributed by atoms with Crippen molar-refractivity contribution in [1.82, 2.24) is 24.5 Å². The summed E-state index contributed by atoms with van der Waals surface area (Å²) in [5.41, 5.74) is 2.13. The number of ether oxygens (including phenoxy) is 1. The average Bonchev–Trinajstić information content (AvgIpc) is 3.12. The maximum Gasteiger partial charge on any atom is 0.254 e. The molecule has 0 radical (unpaired) electrons. The predicted octanol–water partition coefficient (Wildman–Crippen LogP) is 2.57. The van der Waals surface area contributed by atoms with Crippen LogP contribution in [0.2, 0.25) is 5.02 Å². The average molecular weight is 373 g/mol. The Morgan fingerprint density at radius 2 is 2.00 bits per heavy atom. The summed E-state index contributed by atoms with van der Waals surface area (Å²) >= 11 is 6.07. The van der Waals surface area contributed by atoms with E-state index in [1.54, 1.807) is 4.52 Å². The maximum atomic E-state index is 6.07. The summed E-state index contributed by atoms with van der Waals surface area (Å²) in [5, 5.41) is 8.54. The number of hydrogen-bond acceptors (Lipinski definition) is 6. The van der Waals surface area contributed by atoms with Gasteiger partial charge in [-0.15, -0.1) is 0 Å². The molecule has 1 fully saturated rings. The number of nitrogens with one attached hydrogen (secondary N) is 1. The Hall–Kier alpha value is -2.22. The van der Waals surface area contributed by atoms with Crippen LogP contribution in [0, 0.1) is 6.92 Å². The minimum absolute atomic E-state index is 0.211. The van der Waals surface area contributed by atoms with E-state index in [4.69, 9.17) is 16.3 Å². The topological polar surface area (TPSA) is 67.6 Å². The van der Waals surface area contributed by atoms with E-state index >= 15 is 0 Å². The molecule has 8 heteroatoms. The van der Waals surface area contributed by atoms with Gasteiger partial charge in [0.05, 0.1) is 19.3 Å².